The van der Waals surface area contributed by atoms with Gasteiger partial charge in [-0.25, -0.2) is 0 Å². The molecule has 1 atom stereocenters. The van der Waals surface area contributed by atoms with Crippen molar-refractivity contribution in [3.63, 3.8) is 0 Å². The average molecular weight is 299 g/mol. The van der Waals surface area contributed by atoms with E-state index in [1.54, 1.807) is 24.0 Å². The van der Waals surface area contributed by atoms with Crippen molar-refractivity contribution in [2.24, 2.45) is 5.41 Å². The molecule has 1 unspecified atom stereocenters. The summed E-state index contributed by atoms with van der Waals surface area (Å²) >= 11 is 5.89. The fourth-order valence-electron chi connectivity index (χ4n) is 2.56. The minimum absolute atomic E-state index is 0.0649. The molecule has 0 spiro atoms. The number of nitrogens with zero attached hydrogens (tertiary/aromatic N) is 2. The van der Waals surface area contributed by atoms with E-state index in [9.17, 15) is 20.0 Å². The lowest BCUT2D eigenvalue weighted by molar-refractivity contribution is -0.384. The number of carboxylic acid groups (broad SMARTS) is 1. The van der Waals surface area contributed by atoms with Gasteiger partial charge < -0.3 is 10.0 Å². The van der Waals surface area contributed by atoms with Crippen LogP contribution in [0.25, 0.3) is 0 Å². The Morgan fingerprint density at radius 3 is 2.85 bits per heavy atom. The monoisotopic (exact) mass is 298 g/mol. The van der Waals surface area contributed by atoms with E-state index in [2.05, 4.69) is 0 Å². The van der Waals surface area contributed by atoms with Crippen LogP contribution in [0.5, 0.6) is 0 Å². The molecule has 1 aliphatic rings. The van der Waals surface area contributed by atoms with E-state index in [4.69, 9.17) is 11.6 Å². The highest BCUT2D eigenvalue weighted by Gasteiger charge is 2.39. The molecule has 0 aliphatic carbocycles. The normalized spacial score (nSPS) is 22.6. The summed E-state index contributed by atoms with van der Waals surface area (Å²) in [4.78, 5) is 23.7. The van der Waals surface area contributed by atoms with Gasteiger partial charge in [0.25, 0.3) is 0 Å². The summed E-state index contributed by atoms with van der Waals surface area (Å²) < 4.78 is 0. The van der Waals surface area contributed by atoms with Gasteiger partial charge in [0.2, 0.25) is 0 Å². The summed E-state index contributed by atoms with van der Waals surface area (Å²) in [6, 6.07) is 4.71. The number of nitro benzene ring substituents is 1. The smallest absolute Gasteiger partial charge is 0.311 e. The van der Waals surface area contributed by atoms with Gasteiger partial charge in [0, 0.05) is 13.1 Å². The SMILES string of the molecule is CC1(C(=O)O)CCCN(c2cccc(Cl)c2[N+](=O)[O-])C1. The number of carbonyl (C=O) groups is 1. The molecule has 0 radical (unpaired) electrons. The standard InChI is InChI=1S/C13H15ClN2O4/c1-13(12(17)18)6-3-7-15(8-13)10-5-2-4-9(14)11(10)16(19)20/h2,4-5H,3,6-8H2,1H3,(H,17,18). The molecule has 0 amide bonds. The highest BCUT2D eigenvalue weighted by atomic mass is 35.5. The van der Waals surface area contributed by atoms with Crippen LogP contribution in [0, 0.1) is 15.5 Å². The molecule has 6 nitrogen and oxygen atoms in total. The Balaban J connectivity index is 2.40. The lowest BCUT2D eigenvalue weighted by atomic mass is 9.82. The van der Waals surface area contributed by atoms with Gasteiger partial charge >= 0.3 is 11.7 Å². The number of carboxylic acids is 1. The quantitative estimate of drug-likeness (QED) is 0.685. The van der Waals surface area contributed by atoms with Gasteiger partial charge in [0.05, 0.1) is 10.3 Å². The summed E-state index contributed by atoms with van der Waals surface area (Å²) in [5.41, 5.74) is -0.674. The summed E-state index contributed by atoms with van der Waals surface area (Å²) in [6.45, 7) is 2.49. The molecular weight excluding hydrogens is 284 g/mol. The molecular formula is C13H15ClN2O4. The maximum Gasteiger partial charge on any atom is 0.311 e. The third-order valence-corrected chi connectivity index (χ3v) is 4.01. The largest absolute Gasteiger partial charge is 0.481 e. The number of hydrogen-bond donors (Lipinski definition) is 1. The first kappa shape index (κ1) is 14.6. The van der Waals surface area contributed by atoms with Crippen LogP contribution in [0.1, 0.15) is 19.8 Å². The number of halogens is 1. The van der Waals surface area contributed by atoms with Gasteiger partial charge in [-0.05, 0) is 31.9 Å². The average Bonchev–Trinajstić information content (AvgIpc) is 2.37. The molecule has 1 aromatic rings. The molecule has 1 N–H and O–H groups in total. The number of benzene rings is 1. The topological polar surface area (TPSA) is 83.7 Å². The zero-order valence-electron chi connectivity index (χ0n) is 11.0. The van der Waals surface area contributed by atoms with Crippen molar-refractivity contribution in [1.29, 1.82) is 0 Å². The van der Waals surface area contributed by atoms with Crippen molar-refractivity contribution < 1.29 is 14.8 Å². The molecule has 1 aliphatic heterocycles. The van der Waals surface area contributed by atoms with Crippen molar-refractivity contribution in [3.8, 4) is 0 Å². The minimum Gasteiger partial charge on any atom is -0.481 e. The molecule has 1 aromatic carbocycles. The van der Waals surface area contributed by atoms with E-state index < -0.39 is 16.3 Å². The highest BCUT2D eigenvalue weighted by molar-refractivity contribution is 6.33. The number of aliphatic carboxylic acids is 1. The summed E-state index contributed by atoms with van der Waals surface area (Å²) in [5, 5.41) is 20.5. The second kappa shape index (κ2) is 5.28. The van der Waals surface area contributed by atoms with Gasteiger partial charge in [0.1, 0.15) is 10.7 Å². The molecule has 1 fully saturated rings. The Hall–Kier alpha value is -1.82. The number of hydrogen-bond acceptors (Lipinski definition) is 4. The maximum atomic E-state index is 11.4. The van der Waals surface area contributed by atoms with Crippen LogP contribution in [-0.2, 0) is 4.79 Å². The first-order chi connectivity index (χ1) is 9.35. The van der Waals surface area contributed by atoms with Crippen LogP contribution < -0.4 is 4.90 Å². The van der Waals surface area contributed by atoms with Crippen LogP contribution in [0.4, 0.5) is 11.4 Å². The van der Waals surface area contributed by atoms with E-state index in [1.807, 2.05) is 0 Å². The number of piperidine rings is 1. The Labute approximate surface area is 121 Å². The van der Waals surface area contributed by atoms with Crippen LogP contribution in [0.2, 0.25) is 5.02 Å². The third kappa shape index (κ3) is 2.56. The molecule has 1 saturated heterocycles. The maximum absolute atomic E-state index is 11.4. The number of anilines is 1. The Bertz CT molecular complexity index is 563. The zero-order chi connectivity index (χ0) is 14.9. The molecule has 0 saturated carbocycles. The first-order valence-electron chi connectivity index (χ1n) is 6.26. The van der Waals surface area contributed by atoms with Crippen molar-refractivity contribution in [2.75, 3.05) is 18.0 Å². The summed E-state index contributed by atoms with van der Waals surface area (Å²) in [5.74, 6) is -0.883. The lowest BCUT2D eigenvalue weighted by Gasteiger charge is -2.38. The molecule has 2 rings (SSSR count). The first-order valence-corrected chi connectivity index (χ1v) is 6.64. The predicted octanol–water partition coefficient (Wildman–Crippen LogP) is 2.94. The predicted molar refractivity (Wildman–Crippen MR) is 75.3 cm³/mol. The molecule has 20 heavy (non-hydrogen) atoms. The van der Waals surface area contributed by atoms with Crippen LogP contribution in [0.3, 0.4) is 0 Å². The van der Waals surface area contributed by atoms with Crippen molar-refractivity contribution in [3.05, 3.63) is 33.3 Å². The molecule has 0 aromatic heterocycles. The highest BCUT2D eigenvalue weighted by Crippen LogP contribution is 2.39. The van der Waals surface area contributed by atoms with E-state index in [-0.39, 0.29) is 17.3 Å². The zero-order valence-corrected chi connectivity index (χ0v) is 11.8. The molecule has 0 bridgehead atoms. The Morgan fingerprint density at radius 2 is 2.25 bits per heavy atom. The van der Waals surface area contributed by atoms with E-state index in [0.29, 0.717) is 25.1 Å². The fourth-order valence-corrected chi connectivity index (χ4v) is 2.80. The van der Waals surface area contributed by atoms with Gasteiger partial charge in [-0.15, -0.1) is 0 Å². The summed E-state index contributed by atoms with van der Waals surface area (Å²) in [6.07, 6.45) is 1.24. The fraction of sp³-hybridized carbons (Fsp3) is 0.462. The second-order valence-corrected chi connectivity index (χ2v) is 5.66. The van der Waals surface area contributed by atoms with Crippen molar-refractivity contribution >= 4 is 28.9 Å². The molecule has 1 heterocycles. The third-order valence-electron chi connectivity index (χ3n) is 3.70. The van der Waals surface area contributed by atoms with Crippen molar-refractivity contribution in [1.82, 2.24) is 0 Å². The number of para-hydroxylation sites is 1. The van der Waals surface area contributed by atoms with Crippen LogP contribution >= 0.6 is 11.6 Å². The molecule has 108 valence electrons. The van der Waals surface area contributed by atoms with Gasteiger partial charge in [-0.2, -0.15) is 0 Å². The van der Waals surface area contributed by atoms with E-state index >= 15 is 0 Å². The molecule has 7 heteroatoms. The Kier molecular flexibility index (Phi) is 3.85. The van der Waals surface area contributed by atoms with Gasteiger partial charge in [0.15, 0.2) is 0 Å². The second-order valence-electron chi connectivity index (χ2n) is 5.26. The minimum atomic E-state index is -0.894. The lowest BCUT2D eigenvalue weighted by Crippen LogP contribution is -2.46. The van der Waals surface area contributed by atoms with E-state index in [1.165, 1.54) is 6.07 Å². The van der Waals surface area contributed by atoms with Gasteiger partial charge in [-0.1, -0.05) is 17.7 Å². The van der Waals surface area contributed by atoms with E-state index in [0.717, 1.165) is 0 Å². The van der Waals surface area contributed by atoms with Crippen LogP contribution in [-0.4, -0.2) is 29.1 Å². The van der Waals surface area contributed by atoms with Gasteiger partial charge in [-0.3, -0.25) is 14.9 Å². The Morgan fingerprint density at radius 1 is 1.55 bits per heavy atom. The number of nitro groups is 1. The summed E-state index contributed by atoms with van der Waals surface area (Å²) in [7, 11) is 0. The number of rotatable bonds is 3. The van der Waals surface area contributed by atoms with Crippen LogP contribution in [0.15, 0.2) is 18.2 Å². The van der Waals surface area contributed by atoms with Crippen molar-refractivity contribution in [2.45, 2.75) is 19.8 Å².